The van der Waals surface area contributed by atoms with Gasteiger partial charge in [0.15, 0.2) is 5.16 Å². The lowest BCUT2D eigenvalue weighted by atomic mass is 9.86. The number of aromatic nitrogens is 3. The lowest BCUT2D eigenvalue weighted by Gasteiger charge is -2.29. The zero-order valence-corrected chi connectivity index (χ0v) is 18.2. The largest absolute Gasteiger partial charge is 0.335 e. The molecular formula is C20H27N5O2S2. The van der Waals surface area contributed by atoms with Gasteiger partial charge >= 0.3 is 6.03 Å². The van der Waals surface area contributed by atoms with Gasteiger partial charge in [-0.25, -0.2) is 4.79 Å². The Balaban J connectivity index is 1.30. The summed E-state index contributed by atoms with van der Waals surface area (Å²) >= 11 is 3.06. The van der Waals surface area contributed by atoms with Crippen LogP contribution in [0.2, 0.25) is 0 Å². The van der Waals surface area contributed by atoms with Crippen molar-refractivity contribution in [3.05, 3.63) is 28.2 Å². The van der Waals surface area contributed by atoms with Crippen LogP contribution >= 0.6 is 23.1 Å². The first-order chi connectivity index (χ1) is 14.1. The lowest BCUT2D eigenvalue weighted by molar-refractivity contribution is -0.117. The van der Waals surface area contributed by atoms with Crippen molar-refractivity contribution in [3.8, 4) is 0 Å². The molecule has 0 bridgehead atoms. The van der Waals surface area contributed by atoms with Gasteiger partial charge in [-0.3, -0.25) is 10.1 Å². The molecule has 7 nitrogen and oxygen atoms in total. The van der Waals surface area contributed by atoms with E-state index in [1.165, 1.54) is 23.1 Å². The molecule has 2 saturated carbocycles. The first kappa shape index (κ1) is 20.4. The van der Waals surface area contributed by atoms with Gasteiger partial charge in [-0.1, -0.05) is 37.6 Å². The van der Waals surface area contributed by atoms with Crippen molar-refractivity contribution in [2.24, 2.45) is 5.92 Å². The molecule has 0 radical (unpaired) electrons. The van der Waals surface area contributed by atoms with Crippen molar-refractivity contribution >= 4 is 35.0 Å². The third kappa shape index (κ3) is 5.39. The van der Waals surface area contributed by atoms with Gasteiger partial charge in [0.1, 0.15) is 5.82 Å². The Bertz CT molecular complexity index is 847. The van der Waals surface area contributed by atoms with E-state index in [0.717, 1.165) is 49.5 Å². The highest BCUT2D eigenvalue weighted by atomic mass is 32.2. The summed E-state index contributed by atoms with van der Waals surface area (Å²) in [4.78, 5) is 25.7. The molecule has 4 rings (SSSR count). The van der Waals surface area contributed by atoms with Crippen LogP contribution in [0.3, 0.4) is 0 Å². The molecule has 9 heteroatoms. The average Bonchev–Trinajstić information content (AvgIpc) is 3.24. The Hall–Kier alpha value is -1.87. The van der Waals surface area contributed by atoms with E-state index in [1.807, 2.05) is 6.07 Å². The van der Waals surface area contributed by atoms with Crippen molar-refractivity contribution in [2.45, 2.75) is 69.1 Å². The quantitative estimate of drug-likeness (QED) is 0.649. The van der Waals surface area contributed by atoms with Crippen LogP contribution in [0.25, 0.3) is 0 Å². The number of amides is 3. The number of carbonyl (C=O) groups excluding carboxylic acids is 2. The fourth-order valence-electron chi connectivity index (χ4n) is 3.82. The summed E-state index contributed by atoms with van der Waals surface area (Å²) < 4.78 is 2.17. The number of nitrogens with zero attached hydrogens (tertiary/aromatic N) is 3. The predicted octanol–water partition coefficient (Wildman–Crippen LogP) is 3.76. The van der Waals surface area contributed by atoms with E-state index in [1.54, 1.807) is 11.3 Å². The summed E-state index contributed by atoms with van der Waals surface area (Å²) in [5, 5.41) is 16.9. The number of thioether (sulfide) groups is 1. The van der Waals surface area contributed by atoms with Crippen LogP contribution < -0.4 is 10.6 Å². The molecule has 2 aromatic heterocycles. The minimum atomic E-state index is -0.392. The fourth-order valence-corrected chi connectivity index (χ4v) is 5.35. The first-order valence-corrected chi connectivity index (χ1v) is 12.2. The molecule has 3 amide bonds. The minimum absolute atomic E-state index is 0.150. The number of hydrogen-bond donors (Lipinski definition) is 2. The van der Waals surface area contributed by atoms with E-state index in [-0.39, 0.29) is 17.7 Å². The van der Waals surface area contributed by atoms with Crippen LogP contribution in [0.5, 0.6) is 0 Å². The molecule has 156 valence electrons. The maximum absolute atomic E-state index is 12.3. The number of nitrogens with one attached hydrogen (secondary N) is 2. The molecule has 2 unspecified atom stereocenters. The van der Waals surface area contributed by atoms with Gasteiger partial charge in [0.2, 0.25) is 5.91 Å². The lowest BCUT2D eigenvalue weighted by Crippen LogP contribution is -2.48. The maximum Gasteiger partial charge on any atom is 0.321 e. The minimum Gasteiger partial charge on any atom is -0.335 e. The third-order valence-corrected chi connectivity index (χ3v) is 7.39. The van der Waals surface area contributed by atoms with Gasteiger partial charge in [0, 0.05) is 23.4 Å². The highest BCUT2D eigenvalue weighted by Gasteiger charge is 2.30. The van der Waals surface area contributed by atoms with Crippen molar-refractivity contribution in [2.75, 3.05) is 5.75 Å². The second-order valence-electron chi connectivity index (χ2n) is 7.93. The molecule has 2 heterocycles. The molecule has 2 atom stereocenters. The molecule has 2 aliphatic carbocycles. The molecule has 0 aliphatic heterocycles. The van der Waals surface area contributed by atoms with Crippen LogP contribution in [0.1, 0.15) is 62.2 Å². The average molecular weight is 434 g/mol. The van der Waals surface area contributed by atoms with Gasteiger partial charge in [-0.05, 0) is 43.0 Å². The van der Waals surface area contributed by atoms with Gasteiger partial charge in [0.25, 0.3) is 0 Å². The van der Waals surface area contributed by atoms with E-state index in [9.17, 15) is 9.59 Å². The summed E-state index contributed by atoms with van der Waals surface area (Å²) in [6.07, 6.45) is 7.45. The molecule has 29 heavy (non-hydrogen) atoms. The fraction of sp³-hybridized carbons (Fsp3) is 0.600. The second-order valence-corrected chi connectivity index (χ2v) is 9.91. The highest BCUT2D eigenvalue weighted by molar-refractivity contribution is 7.99. The maximum atomic E-state index is 12.3. The molecule has 2 fully saturated rings. The van der Waals surface area contributed by atoms with Crippen molar-refractivity contribution in [1.29, 1.82) is 0 Å². The molecule has 2 aromatic rings. The monoisotopic (exact) mass is 433 g/mol. The number of carbonyl (C=O) groups is 2. The van der Waals surface area contributed by atoms with E-state index in [4.69, 9.17) is 0 Å². The van der Waals surface area contributed by atoms with Crippen LogP contribution in [0.4, 0.5) is 4.79 Å². The van der Waals surface area contributed by atoms with Gasteiger partial charge in [-0.2, -0.15) is 0 Å². The van der Waals surface area contributed by atoms with E-state index in [0.29, 0.717) is 12.0 Å². The Morgan fingerprint density at radius 2 is 2.07 bits per heavy atom. The Morgan fingerprint density at radius 1 is 1.24 bits per heavy atom. The topological polar surface area (TPSA) is 88.9 Å². The molecule has 2 N–H and O–H groups in total. The number of imide groups is 1. The van der Waals surface area contributed by atoms with Crippen LogP contribution in [-0.2, 0) is 11.2 Å². The van der Waals surface area contributed by atoms with E-state index >= 15 is 0 Å². The zero-order chi connectivity index (χ0) is 20.2. The number of rotatable bonds is 7. The number of thiophene rings is 1. The number of urea groups is 1. The Kier molecular flexibility index (Phi) is 6.54. The summed E-state index contributed by atoms with van der Waals surface area (Å²) in [6, 6.07) is 4.33. The van der Waals surface area contributed by atoms with Crippen LogP contribution in [0.15, 0.2) is 22.7 Å². The Morgan fingerprint density at radius 3 is 2.79 bits per heavy atom. The molecule has 0 spiro atoms. The van der Waals surface area contributed by atoms with Gasteiger partial charge < -0.3 is 9.88 Å². The highest BCUT2D eigenvalue weighted by Crippen LogP contribution is 2.39. The molecule has 2 aliphatic rings. The zero-order valence-electron chi connectivity index (χ0n) is 16.6. The van der Waals surface area contributed by atoms with Crippen molar-refractivity contribution in [1.82, 2.24) is 25.4 Å². The van der Waals surface area contributed by atoms with Crippen LogP contribution in [-0.4, -0.2) is 38.5 Å². The van der Waals surface area contributed by atoms with Crippen molar-refractivity contribution in [3.63, 3.8) is 0 Å². The molecule has 0 aromatic carbocycles. The molecule has 0 saturated heterocycles. The summed E-state index contributed by atoms with van der Waals surface area (Å²) in [6.45, 7) is 2.15. The summed E-state index contributed by atoms with van der Waals surface area (Å²) in [5.74, 6) is 1.25. The summed E-state index contributed by atoms with van der Waals surface area (Å²) in [5.41, 5.74) is 0. The van der Waals surface area contributed by atoms with E-state index in [2.05, 4.69) is 43.8 Å². The molecular weight excluding hydrogens is 406 g/mol. The van der Waals surface area contributed by atoms with Crippen LogP contribution in [0, 0.1) is 5.92 Å². The van der Waals surface area contributed by atoms with Gasteiger partial charge in [-0.15, -0.1) is 21.5 Å². The third-order valence-electron chi connectivity index (χ3n) is 5.57. The Labute approximate surface area is 179 Å². The standard InChI is InChI=1S/C20H27N5O2S2/c1-13-5-2-3-7-16(13)21-19(27)22-18(26)12-29-20-24-23-17(25(20)14-8-9-14)11-15-6-4-10-28-15/h4,6,10,13-14,16H,2-3,5,7-9,11-12H2,1H3,(H2,21,22,26,27). The predicted molar refractivity (Wildman–Crippen MR) is 114 cm³/mol. The second kappa shape index (κ2) is 9.30. The van der Waals surface area contributed by atoms with E-state index < -0.39 is 6.03 Å². The summed E-state index contributed by atoms with van der Waals surface area (Å²) in [7, 11) is 0. The number of hydrogen-bond acceptors (Lipinski definition) is 6. The smallest absolute Gasteiger partial charge is 0.321 e. The van der Waals surface area contributed by atoms with Gasteiger partial charge in [0.05, 0.1) is 5.75 Å². The first-order valence-electron chi connectivity index (χ1n) is 10.3. The normalized spacial score (nSPS) is 21.7. The SMILES string of the molecule is CC1CCCCC1NC(=O)NC(=O)CSc1nnc(Cc2cccs2)n1C1CC1. The van der Waals surface area contributed by atoms with Crippen molar-refractivity contribution < 1.29 is 9.59 Å².